The van der Waals surface area contributed by atoms with E-state index in [0.29, 0.717) is 0 Å². The van der Waals surface area contributed by atoms with Crippen LogP contribution in [0.3, 0.4) is 0 Å². The lowest BCUT2D eigenvalue weighted by atomic mass is 9.84. The molecule has 1 rings (SSSR count). The van der Waals surface area contributed by atoms with Crippen LogP contribution in [0.5, 0.6) is 0 Å². The van der Waals surface area contributed by atoms with Gasteiger partial charge in [-0.05, 0) is 55.7 Å². The number of alkyl carbamates (subject to hydrolysis) is 1. The average molecular weight is 366 g/mol. The first-order chi connectivity index (χ1) is 11.9. The van der Waals surface area contributed by atoms with Crippen molar-refractivity contribution in [1.29, 1.82) is 0 Å². The number of hydrogen-bond acceptors (Lipinski definition) is 4. The molecule has 26 heavy (non-hydrogen) atoms. The number of nitrogens with one attached hydrogen (secondary N) is 1. The standard InChI is InChI=1S/C21H35NO4/c1-13(2)15-9-8-10-16(14(3)4)18(15)19(24)17(23)11-12-22-20(25)26-21(5,6)7/h8-10,13-14,17,19,23-24H,11-12H2,1-7H3,(H,22,25). The summed E-state index contributed by atoms with van der Waals surface area (Å²) in [5, 5.41) is 23.9. The molecular formula is C21H35NO4. The number of ether oxygens (including phenoxy) is 1. The molecule has 2 unspecified atom stereocenters. The monoisotopic (exact) mass is 365 g/mol. The van der Waals surface area contributed by atoms with Crippen molar-refractivity contribution in [2.24, 2.45) is 0 Å². The van der Waals surface area contributed by atoms with Crippen LogP contribution in [0.1, 0.15) is 89.5 Å². The van der Waals surface area contributed by atoms with E-state index in [1.165, 1.54) is 0 Å². The molecule has 0 fully saturated rings. The number of hydrogen-bond donors (Lipinski definition) is 3. The fourth-order valence-corrected chi connectivity index (χ4v) is 2.94. The van der Waals surface area contributed by atoms with Crippen molar-refractivity contribution in [2.75, 3.05) is 6.54 Å². The number of benzene rings is 1. The van der Waals surface area contributed by atoms with Crippen LogP contribution in [0.4, 0.5) is 4.79 Å². The maximum Gasteiger partial charge on any atom is 0.407 e. The molecule has 5 nitrogen and oxygen atoms in total. The van der Waals surface area contributed by atoms with Gasteiger partial charge in [0, 0.05) is 6.54 Å². The van der Waals surface area contributed by atoms with E-state index >= 15 is 0 Å². The van der Waals surface area contributed by atoms with Crippen LogP contribution >= 0.6 is 0 Å². The summed E-state index contributed by atoms with van der Waals surface area (Å²) in [6.45, 7) is 13.9. The van der Waals surface area contributed by atoms with Gasteiger partial charge in [0.25, 0.3) is 0 Å². The lowest BCUT2D eigenvalue weighted by Crippen LogP contribution is -2.35. The van der Waals surface area contributed by atoms with Gasteiger partial charge in [0.1, 0.15) is 11.7 Å². The van der Waals surface area contributed by atoms with E-state index in [1.54, 1.807) is 20.8 Å². The summed E-state index contributed by atoms with van der Waals surface area (Å²) in [6, 6.07) is 6.00. The zero-order valence-corrected chi connectivity index (χ0v) is 17.2. The molecule has 0 aliphatic heterocycles. The molecule has 3 N–H and O–H groups in total. The Hall–Kier alpha value is -1.59. The highest BCUT2D eigenvalue weighted by Gasteiger charge is 2.26. The lowest BCUT2D eigenvalue weighted by molar-refractivity contribution is 0.0111. The van der Waals surface area contributed by atoms with Gasteiger partial charge in [-0.2, -0.15) is 0 Å². The first-order valence-corrected chi connectivity index (χ1v) is 9.39. The van der Waals surface area contributed by atoms with Crippen molar-refractivity contribution in [1.82, 2.24) is 5.32 Å². The molecule has 1 aromatic carbocycles. The number of amides is 1. The molecule has 148 valence electrons. The SMILES string of the molecule is CC(C)c1cccc(C(C)C)c1C(O)C(O)CCNC(=O)OC(C)(C)C. The molecule has 1 aromatic rings. The van der Waals surface area contributed by atoms with Crippen LogP contribution in [0.15, 0.2) is 18.2 Å². The highest BCUT2D eigenvalue weighted by atomic mass is 16.6. The number of aliphatic hydroxyl groups excluding tert-OH is 2. The second kappa shape index (κ2) is 9.38. The van der Waals surface area contributed by atoms with Gasteiger partial charge in [-0.25, -0.2) is 4.79 Å². The van der Waals surface area contributed by atoms with Gasteiger partial charge in [-0.1, -0.05) is 45.9 Å². The molecule has 0 aliphatic rings. The first-order valence-electron chi connectivity index (χ1n) is 9.39. The number of carbonyl (C=O) groups excluding carboxylic acids is 1. The minimum atomic E-state index is -0.994. The molecule has 0 bridgehead atoms. The van der Waals surface area contributed by atoms with Gasteiger partial charge in [0.2, 0.25) is 0 Å². The van der Waals surface area contributed by atoms with Crippen molar-refractivity contribution in [3.05, 3.63) is 34.9 Å². The molecular weight excluding hydrogens is 330 g/mol. The molecule has 0 spiro atoms. The van der Waals surface area contributed by atoms with Crippen LogP contribution in [-0.2, 0) is 4.74 Å². The fraction of sp³-hybridized carbons (Fsp3) is 0.667. The van der Waals surface area contributed by atoms with Gasteiger partial charge >= 0.3 is 6.09 Å². The molecule has 0 radical (unpaired) electrons. The van der Waals surface area contributed by atoms with Crippen LogP contribution in [-0.4, -0.2) is 34.6 Å². The summed E-state index contributed by atoms with van der Waals surface area (Å²) in [5.41, 5.74) is 2.33. The highest BCUT2D eigenvalue weighted by Crippen LogP contribution is 2.34. The van der Waals surface area contributed by atoms with E-state index < -0.39 is 23.9 Å². The molecule has 0 saturated carbocycles. The van der Waals surface area contributed by atoms with E-state index in [0.717, 1.165) is 16.7 Å². The summed E-state index contributed by atoms with van der Waals surface area (Å²) in [6.07, 6.45) is -2.25. The zero-order valence-electron chi connectivity index (χ0n) is 17.2. The van der Waals surface area contributed by atoms with Crippen LogP contribution in [0.25, 0.3) is 0 Å². The summed E-state index contributed by atoms with van der Waals surface area (Å²) in [5.74, 6) is 0.482. The normalized spacial score (nSPS) is 14.4. The molecule has 0 aromatic heterocycles. The van der Waals surface area contributed by atoms with Crippen LogP contribution in [0, 0.1) is 0 Å². The quantitative estimate of drug-likeness (QED) is 0.675. The summed E-state index contributed by atoms with van der Waals surface area (Å²) in [4.78, 5) is 11.7. The number of aliphatic hydroxyl groups is 2. The van der Waals surface area contributed by atoms with Gasteiger partial charge in [-0.3, -0.25) is 0 Å². The highest BCUT2D eigenvalue weighted by molar-refractivity contribution is 5.67. The third-order valence-electron chi connectivity index (χ3n) is 4.19. The summed E-state index contributed by atoms with van der Waals surface area (Å²) >= 11 is 0. The maximum absolute atomic E-state index is 11.7. The van der Waals surface area contributed by atoms with E-state index in [2.05, 4.69) is 33.0 Å². The van der Waals surface area contributed by atoms with E-state index in [1.807, 2.05) is 18.2 Å². The lowest BCUT2D eigenvalue weighted by Gasteiger charge is -2.27. The third kappa shape index (κ3) is 6.61. The number of carbonyl (C=O) groups is 1. The predicted molar refractivity (Wildman–Crippen MR) is 104 cm³/mol. The largest absolute Gasteiger partial charge is 0.444 e. The minimum absolute atomic E-state index is 0.230. The van der Waals surface area contributed by atoms with Crippen molar-refractivity contribution < 1.29 is 19.7 Å². The van der Waals surface area contributed by atoms with Gasteiger partial charge in [0.15, 0.2) is 0 Å². The zero-order chi connectivity index (χ0) is 20.1. The van der Waals surface area contributed by atoms with E-state index in [9.17, 15) is 15.0 Å². The average Bonchev–Trinajstić information content (AvgIpc) is 2.51. The molecule has 0 saturated heterocycles. The number of rotatable bonds is 7. The van der Waals surface area contributed by atoms with E-state index in [4.69, 9.17) is 4.74 Å². The van der Waals surface area contributed by atoms with Gasteiger partial charge < -0.3 is 20.3 Å². The molecule has 1 amide bonds. The van der Waals surface area contributed by atoms with Gasteiger partial charge in [0.05, 0.1) is 6.10 Å². The van der Waals surface area contributed by atoms with Crippen molar-refractivity contribution >= 4 is 6.09 Å². The topological polar surface area (TPSA) is 78.8 Å². The van der Waals surface area contributed by atoms with Crippen molar-refractivity contribution in [3.63, 3.8) is 0 Å². The molecule has 5 heteroatoms. The second-order valence-corrected chi connectivity index (χ2v) is 8.39. The minimum Gasteiger partial charge on any atom is -0.444 e. The molecule has 0 heterocycles. The fourth-order valence-electron chi connectivity index (χ4n) is 2.94. The van der Waals surface area contributed by atoms with Crippen LogP contribution < -0.4 is 5.32 Å². The Morgan fingerprint density at radius 1 is 1.08 bits per heavy atom. The predicted octanol–water partition coefficient (Wildman–Crippen LogP) is 4.24. The Morgan fingerprint density at radius 2 is 1.58 bits per heavy atom. The second-order valence-electron chi connectivity index (χ2n) is 8.39. The molecule has 2 atom stereocenters. The smallest absolute Gasteiger partial charge is 0.407 e. The summed E-state index contributed by atoms with van der Waals surface area (Å²) < 4.78 is 5.17. The first kappa shape index (κ1) is 22.5. The molecule has 0 aliphatic carbocycles. The van der Waals surface area contributed by atoms with Gasteiger partial charge in [-0.15, -0.1) is 0 Å². The Labute approximate surface area is 157 Å². The third-order valence-corrected chi connectivity index (χ3v) is 4.19. The summed E-state index contributed by atoms with van der Waals surface area (Å²) in [7, 11) is 0. The van der Waals surface area contributed by atoms with Crippen molar-refractivity contribution in [3.8, 4) is 0 Å². The van der Waals surface area contributed by atoms with Crippen LogP contribution in [0.2, 0.25) is 0 Å². The Kier molecular flexibility index (Phi) is 8.10. The Balaban J connectivity index is 2.82. The Bertz CT molecular complexity index is 564. The Morgan fingerprint density at radius 3 is 2.00 bits per heavy atom. The van der Waals surface area contributed by atoms with E-state index in [-0.39, 0.29) is 24.8 Å². The maximum atomic E-state index is 11.7. The van der Waals surface area contributed by atoms with Crippen molar-refractivity contribution in [2.45, 2.75) is 84.5 Å².